The summed E-state index contributed by atoms with van der Waals surface area (Å²) in [5, 5.41) is 11.4. The molecule has 172 valence electrons. The normalized spacial score (nSPS) is 16.5. The number of nitrogens with zero attached hydrogens (tertiary/aromatic N) is 5. The standard InChI is InChI=1S/C27H20ClN5O2/c1-16-8-14-21(15-9-16)33-27-29-26-22(23(31-35-26)18-6-4-3-5-7-18)24(19-10-12-20(28)13-11-19)32(27)25(30-33)17(2)34/h3-15,24H,1-2H3. The predicted octanol–water partition coefficient (Wildman–Crippen LogP) is 6.12. The molecule has 0 fully saturated rings. The number of aliphatic imine (C=N–C) groups is 1. The van der Waals surface area contributed by atoms with Gasteiger partial charge in [-0.3, -0.25) is 9.69 Å². The van der Waals surface area contributed by atoms with Crippen molar-refractivity contribution in [3.63, 3.8) is 0 Å². The molecule has 1 unspecified atom stereocenters. The molecule has 3 aromatic carbocycles. The van der Waals surface area contributed by atoms with Crippen molar-refractivity contribution in [2.75, 3.05) is 5.01 Å². The Bertz CT molecular complexity index is 1490. The molecule has 1 atom stereocenters. The van der Waals surface area contributed by atoms with Gasteiger partial charge < -0.3 is 4.52 Å². The van der Waals surface area contributed by atoms with Crippen LogP contribution in [0, 0.1) is 6.92 Å². The molecule has 0 bridgehead atoms. The highest BCUT2D eigenvalue weighted by atomic mass is 35.5. The highest BCUT2D eigenvalue weighted by Gasteiger charge is 2.46. The zero-order valence-corrected chi connectivity index (χ0v) is 19.8. The minimum absolute atomic E-state index is 0.174. The summed E-state index contributed by atoms with van der Waals surface area (Å²) in [5.74, 6) is 0.969. The van der Waals surface area contributed by atoms with Crippen LogP contribution in [-0.4, -0.2) is 27.6 Å². The first-order valence-electron chi connectivity index (χ1n) is 11.2. The van der Waals surface area contributed by atoms with Crippen molar-refractivity contribution < 1.29 is 9.32 Å². The van der Waals surface area contributed by atoms with Crippen LogP contribution < -0.4 is 5.01 Å². The minimum atomic E-state index is -0.450. The number of anilines is 1. The Morgan fingerprint density at radius 2 is 1.69 bits per heavy atom. The second-order valence-electron chi connectivity index (χ2n) is 8.48. The number of hydrogen-bond acceptors (Lipinski definition) is 7. The fourth-order valence-electron chi connectivity index (χ4n) is 4.42. The Labute approximate surface area is 206 Å². The first kappa shape index (κ1) is 21.3. The number of carbonyl (C=O) groups excluding carboxylic acids is 1. The quantitative estimate of drug-likeness (QED) is 0.351. The zero-order chi connectivity index (χ0) is 24.1. The lowest BCUT2D eigenvalue weighted by Gasteiger charge is -2.33. The van der Waals surface area contributed by atoms with Gasteiger partial charge in [-0.05, 0) is 36.8 Å². The van der Waals surface area contributed by atoms with E-state index in [2.05, 4.69) is 5.16 Å². The lowest BCUT2D eigenvalue weighted by molar-refractivity contribution is -0.111. The number of guanidine groups is 1. The largest absolute Gasteiger partial charge is 0.335 e. The summed E-state index contributed by atoms with van der Waals surface area (Å²) in [6.07, 6.45) is 0. The third kappa shape index (κ3) is 3.52. The molecule has 0 saturated heterocycles. The van der Waals surface area contributed by atoms with E-state index in [4.69, 9.17) is 26.2 Å². The number of amidine groups is 1. The van der Waals surface area contributed by atoms with Crippen molar-refractivity contribution in [2.24, 2.45) is 10.1 Å². The maximum atomic E-state index is 12.9. The number of rotatable bonds is 4. The van der Waals surface area contributed by atoms with Crippen molar-refractivity contribution in [3.05, 3.63) is 101 Å². The molecule has 1 aromatic heterocycles. The average Bonchev–Trinajstić information content (AvgIpc) is 3.46. The Kier molecular flexibility index (Phi) is 5.00. The monoisotopic (exact) mass is 481 g/mol. The molecule has 8 heteroatoms. The van der Waals surface area contributed by atoms with E-state index >= 15 is 0 Å². The van der Waals surface area contributed by atoms with Crippen LogP contribution in [0.1, 0.15) is 29.7 Å². The van der Waals surface area contributed by atoms with E-state index < -0.39 is 6.04 Å². The van der Waals surface area contributed by atoms with E-state index in [1.54, 1.807) is 5.01 Å². The molecule has 2 aliphatic heterocycles. The van der Waals surface area contributed by atoms with E-state index in [9.17, 15) is 4.79 Å². The molecule has 0 aliphatic carbocycles. The molecule has 4 aromatic rings. The minimum Gasteiger partial charge on any atom is -0.335 e. The number of halogens is 1. The second-order valence-corrected chi connectivity index (χ2v) is 8.92. The van der Waals surface area contributed by atoms with E-state index in [1.165, 1.54) is 6.92 Å². The van der Waals surface area contributed by atoms with Crippen LogP contribution in [0.2, 0.25) is 5.02 Å². The van der Waals surface area contributed by atoms with Gasteiger partial charge in [0.1, 0.15) is 5.69 Å². The summed E-state index contributed by atoms with van der Waals surface area (Å²) in [4.78, 5) is 19.5. The Balaban J connectivity index is 1.60. The van der Waals surface area contributed by atoms with Crippen molar-refractivity contribution in [1.82, 2.24) is 10.1 Å². The van der Waals surface area contributed by atoms with Crippen LogP contribution in [0.15, 0.2) is 93.5 Å². The maximum absolute atomic E-state index is 12.9. The Hall–Kier alpha value is -4.23. The summed E-state index contributed by atoms with van der Waals surface area (Å²) in [7, 11) is 0. The van der Waals surface area contributed by atoms with Crippen LogP contribution in [0.25, 0.3) is 11.3 Å². The molecular formula is C27H20ClN5O2. The molecule has 0 spiro atoms. The number of aromatic nitrogens is 1. The molecule has 0 amide bonds. The van der Waals surface area contributed by atoms with Gasteiger partial charge in [-0.15, -0.1) is 5.10 Å². The number of fused-ring (bicyclic) bond motifs is 2. The van der Waals surface area contributed by atoms with E-state index in [1.807, 2.05) is 90.7 Å². The third-order valence-corrected chi connectivity index (χ3v) is 6.35. The number of hydrogen-bond donors (Lipinski definition) is 0. The number of hydrazone groups is 1. The molecule has 3 heterocycles. The highest BCUT2D eigenvalue weighted by Crippen LogP contribution is 2.47. The third-order valence-electron chi connectivity index (χ3n) is 6.10. The number of Topliss-reactive ketones (excluding diaryl/α,β-unsaturated/α-hetero) is 1. The van der Waals surface area contributed by atoms with Gasteiger partial charge in [0.25, 0.3) is 5.88 Å². The maximum Gasteiger partial charge on any atom is 0.260 e. The van der Waals surface area contributed by atoms with Gasteiger partial charge >= 0.3 is 0 Å². The number of benzene rings is 3. The van der Waals surface area contributed by atoms with Gasteiger partial charge in [0, 0.05) is 17.5 Å². The van der Waals surface area contributed by atoms with Gasteiger partial charge in [-0.25, -0.2) is 0 Å². The molecule has 0 saturated carbocycles. The van der Waals surface area contributed by atoms with Crippen LogP contribution in [0.3, 0.4) is 0 Å². The van der Waals surface area contributed by atoms with Gasteiger partial charge in [-0.2, -0.15) is 10.0 Å². The van der Waals surface area contributed by atoms with Gasteiger partial charge in [0.15, 0.2) is 11.6 Å². The van der Waals surface area contributed by atoms with Crippen molar-refractivity contribution in [1.29, 1.82) is 0 Å². The van der Waals surface area contributed by atoms with E-state index in [-0.39, 0.29) is 11.6 Å². The van der Waals surface area contributed by atoms with Crippen LogP contribution in [0.4, 0.5) is 11.6 Å². The molecule has 6 rings (SSSR count). The smallest absolute Gasteiger partial charge is 0.260 e. The van der Waals surface area contributed by atoms with Gasteiger partial charge in [-0.1, -0.05) is 76.9 Å². The summed E-state index contributed by atoms with van der Waals surface area (Å²) in [6, 6.07) is 24.8. The van der Waals surface area contributed by atoms with E-state index in [0.29, 0.717) is 22.6 Å². The summed E-state index contributed by atoms with van der Waals surface area (Å²) >= 11 is 6.21. The zero-order valence-electron chi connectivity index (χ0n) is 19.0. The lowest BCUT2D eigenvalue weighted by Crippen LogP contribution is -2.44. The topological polar surface area (TPSA) is 74.3 Å². The van der Waals surface area contributed by atoms with Gasteiger partial charge in [0.2, 0.25) is 5.96 Å². The molecule has 35 heavy (non-hydrogen) atoms. The van der Waals surface area contributed by atoms with Crippen molar-refractivity contribution >= 4 is 40.8 Å². The molecule has 2 aliphatic rings. The molecule has 0 N–H and O–H groups in total. The fraction of sp³-hybridized carbons (Fsp3) is 0.111. The SMILES string of the molecule is CC(=O)C1=NN(c2ccc(C)cc2)C2=Nc3onc(-c4ccccc4)c3C(c3ccc(Cl)cc3)N12. The number of aryl methyl sites for hydroxylation is 1. The first-order valence-corrected chi connectivity index (χ1v) is 11.5. The Morgan fingerprint density at radius 1 is 0.971 bits per heavy atom. The first-order chi connectivity index (χ1) is 17.0. The van der Waals surface area contributed by atoms with Crippen LogP contribution in [0.5, 0.6) is 0 Å². The Morgan fingerprint density at radius 3 is 2.37 bits per heavy atom. The molecule has 7 nitrogen and oxygen atoms in total. The fourth-order valence-corrected chi connectivity index (χ4v) is 4.55. The van der Waals surface area contributed by atoms with Crippen molar-refractivity contribution in [3.8, 4) is 11.3 Å². The second kappa shape index (κ2) is 8.21. The molecular weight excluding hydrogens is 462 g/mol. The summed E-state index contributed by atoms with van der Waals surface area (Å²) < 4.78 is 5.77. The molecule has 0 radical (unpaired) electrons. The van der Waals surface area contributed by atoms with Crippen LogP contribution >= 0.6 is 11.6 Å². The number of ketones is 1. The van der Waals surface area contributed by atoms with Crippen LogP contribution in [-0.2, 0) is 4.79 Å². The highest BCUT2D eigenvalue weighted by molar-refractivity contribution is 6.43. The lowest BCUT2D eigenvalue weighted by atomic mass is 9.93. The predicted molar refractivity (Wildman–Crippen MR) is 136 cm³/mol. The summed E-state index contributed by atoms with van der Waals surface area (Å²) in [5.41, 5.74) is 5.14. The van der Waals surface area contributed by atoms with E-state index in [0.717, 1.165) is 27.9 Å². The van der Waals surface area contributed by atoms with Gasteiger partial charge in [0.05, 0.1) is 17.3 Å². The van der Waals surface area contributed by atoms with Crippen molar-refractivity contribution in [2.45, 2.75) is 19.9 Å². The summed E-state index contributed by atoms with van der Waals surface area (Å²) in [6.45, 7) is 3.53. The average molecular weight is 482 g/mol. The number of carbonyl (C=O) groups is 1.